The van der Waals surface area contributed by atoms with Gasteiger partial charge in [-0.3, -0.25) is 4.79 Å². The summed E-state index contributed by atoms with van der Waals surface area (Å²) in [5.74, 6) is -2.30. The zero-order valence-electron chi connectivity index (χ0n) is 13.7. The Kier molecular flexibility index (Phi) is 5.06. The highest BCUT2D eigenvalue weighted by Crippen LogP contribution is 2.40. The van der Waals surface area contributed by atoms with Crippen LogP contribution in [0.5, 0.6) is 17.2 Å². The molecule has 0 amide bonds. The maximum absolute atomic E-state index is 12.5. The summed E-state index contributed by atoms with van der Waals surface area (Å²) < 4.78 is 16.2. The number of phenols is 2. The van der Waals surface area contributed by atoms with Gasteiger partial charge in [-0.05, 0) is 6.92 Å². The summed E-state index contributed by atoms with van der Waals surface area (Å²) in [5.41, 5.74) is -0.107. The van der Waals surface area contributed by atoms with Gasteiger partial charge in [0.1, 0.15) is 47.2 Å². The van der Waals surface area contributed by atoms with Crippen LogP contribution in [0, 0.1) is 5.92 Å². The first-order valence-electron chi connectivity index (χ1n) is 7.97. The Balaban J connectivity index is 1.83. The topological polar surface area (TPSA) is 166 Å². The zero-order chi connectivity index (χ0) is 19.2. The number of benzene rings is 1. The molecule has 2 aliphatic rings. The van der Waals surface area contributed by atoms with Gasteiger partial charge in [0, 0.05) is 12.1 Å². The fourth-order valence-electron chi connectivity index (χ4n) is 2.96. The molecule has 7 atom stereocenters. The van der Waals surface area contributed by atoms with Gasteiger partial charge >= 0.3 is 0 Å². The fraction of sp³-hybridized carbons (Fsp3) is 0.562. The molecule has 3 rings (SSSR count). The third-order valence-corrected chi connectivity index (χ3v) is 4.49. The molecule has 2 aliphatic heterocycles. The largest absolute Gasteiger partial charge is 0.508 e. The maximum atomic E-state index is 12.5. The Morgan fingerprint density at radius 2 is 1.77 bits per heavy atom. The first-order chi connectivity index (χ1) is 12.2. The van der Waals surface area contributed by atoms with Crippen LogP contribution in [0.3, 0.4) is 0 Å². The van der Waals surface area contributed by atoms with E-state index in [1.54, 1.807) is 0 Å². The van der Waals surface area contributed by atoms with Crippen molar-refractivity contribution in [1.29, 1.82) is 0 Å². The molecule has 0 radical (unpaired) electrons. The van der Waals surface area contributed by atoms with Crippen LogP contribution < -0.4 is 4.74 Å². The lowest BCUT2D eigenvalue weighted by Crippen LogP contribution is -2.60. The SMILES string of the molecule is C[C@H]1C(=O)c2c(O)cc(O)cc2O[C@H]1O[C@@H]1O[C@H](CO)[C@@H](O)[C@H](O)[C@H]1O. The van der Waals surface area contributed by atoms with Crippen LogP contribution in [0.4, 0.5) is 0 Å². The van der Waals surface area contributed by atoms with E-state index >= 15 is 0 Å². The minimum atomic E-state index is -1.65. The number of rotatable bonds is 3. The van der Waals surface area contributed by atoms with Crippen molar-refractivity contribution < 1.29 is 49.6 Å². The van der Waals surface area contributed by atoms with Gasteiger partial charge in [0.25, 0.3) is 0 Å². The first-order valence-corrected chi connectivity index (χ1v) is 7.97. The Morgan fingerprint density at radius 1 is 1.08 bits per heavy atom. The second-order valence-electron chi connectivity index (χ2n) is 6.31. The zero-order valence-corrected chi connectivity index (χ0v) is 13.7. The predicted molar refractivity (Wildman–Crippen MR) is 82.5 cm³/mol. The van der Waals surface area contributed by atoms with Gasteiger partial charge in [-0.25, -0.2) is 0 Å². The van der Waals surface area contributed by atoms with Gasteiger partial charge < -0.3 is 44.8 Å². The van der Waals surface area contributed by atoms with Crippen molar-refractivity contribution in [3.8, 4) is 17.2 Å². The monoisotopic (exact) mass is 372 g/mol. The minimum Gasteiger partial charge on any atom is -0.508 e. The molecule has 2 heterocycles. The molecule has 1 aromatic rings. The van der Waals surface area contributed by atoms with Gasteiger partial charge in [0.05, 0.1) is 12.5 Å². The van der Waals surface area contributed by atoms with Crippen molar-refractivity contribution in [2.24, 2.45) is 5.92 Å². The van der Waals surface area contributed by atoms with E-state index in [1.165, 1.54) is 6.92 Å². The van der Waals surface area contributed by atoms with Gasteiger partial charge in [-0.1, -0.05) is 0 Å². The Bertz CT molecular complexity index is 690. The molecule has 0 saturated carbocycles. The Morgan fingerprint density at radius 3 is 2.42 bits per heavy atom. The second kappa shape index (κ2) is 6.99. The molecule has 10 nitrogen and oxygen atoms in total. The number of aliphatic hydroxyl groups is 4. The van der Waals surface area contributed by atoms with E-state index < -0.39 is 61.1 Å². The molecule has 0 aliphatic carbocycles. The lowest BCUT2D eigenvalue weighted by molar-refractivity contribution is -0.331. The molecular formula is C16H20O10. The fourth-order valence-corrected chi connectivity index (χ4v) is 2.96. The number of Topliss-reactive ketones (excluding diaryl/α,β-unsaturated/α-hetero) is 1. The number of fused-ring (bicyclic) bond motifs is 1. The quantitative estimate of drug-likeness (QED) is 0.366. The summed E-state index contributed by atoms with van der Waals surface area (Å²) in [7, 11) is 0. The molecule has 0 bridgehead atoms. The Labute approximate surface area is 147 Å². The average Bonchev–Trinajstić information content (AvgIpc) is 2.59. The average molecular weight is 372 g/mol. The van der Waals surface area contributed by atoms with Crippen molar-refractivity contribution in [2.45, 2.75) is 43.9 Å². The summed E-state index contributed by atoms with van der Waals surface area (Å²) in [6.07, 6.45) is -8.77. The molecule has 144 valence electrons. The van der Waals surface area contributed by atoms with E-state index in [2.05, 4.69) is 0 Å². The normalized spacial score (nSPS) is 37.1. The van der Waals surface area contributed by atoms with Crippen LogP contribution in [-0.2, 0) is 9.47 Å². The van der Waals surface area contributed by atoms with Crippen molar-refractivity contribution >= 4 is 5.78 Å². The number of hydrogen-bond donors (Lipinski definition) is 6. The molecule has 0 aromatic heterocycles. The first kappa shape index (κ1) is 18.8. The summed E-state index contributed by atoms with van der Waals surface area (Å²) >= 11 is 0. The van der Waals surface area contributed by atoms with E-state index in [0.29, 0.717) is 0 Å². The summed E-state index contributed by atoms with van der Waals surface area (Å²) in [4.78, 5) is 12.5. The molecule has 1 fully saturated rings. The van der Waals surface area contributed by atoms with E-state index in [9.17, 15) is 35.4 Å². The van der Waals surface area contributed by atoms with E-state index in [-0.39, 0.29) is 17.1 Å². The van der Waals surface area contributed by atoms with Gasteiger partial charge in [0.15, 0.2) is 12.1 Å². The van der Waals surface area contributed by atoms with Crippen LogP contribution >= 0.6 is 0 Å². The van der Waals surface area contributed by atoms with Crippen LogP contribution in [0.2, 0.25) is 0 Å². The third kappa shape index (κ3) is 3.11. The highest BCUT2D eigenvalue weighted by atomic mass is 16.8. The molecule has 0 unspecified atom stereocenters. The van der Waals surface area contributed by atoms with Crippen LogP contribution in [0.15, 0.2) is 12.1 Å². The summed E-state index contributed by atoms with van der Waals surface area (Å²) in [6.45, 7) is 0.835. The molecule has 1 saturated heterocycles. The predicted octanol–water partition coefficient (Wildman–Crippen LogP) is -1.55. The minimum absolute atomic E-state index is 0.107. The molecule has 26 heavy (non-hydrogen) atoms. The molecule has 10 heteroatoms. The van der Waals surface area contributed by atoms with Gasteiger partial charge in [-0.15, -0.1) is 0 Å². The summed E-state index contributed by atoms with van der Waals surface area (Å²) in [5, 5.41) is 58.2. The number of aliphatic hydroxyl groups excluding tert-OH is 4. The highest BCUT2D eigenvalue weighted by molar-refractivity contribution is 6.03. The van der Waals surface area contributed by atoms with Gasteiger partial charge in [0.2, 0.25) is 6.29 Å². The van der Waals surface area contributed by atoms with E-state index in [4.69, 9.17) is 14.2 Å². The summed E-state index contributed by atoms with van der Waals surface area (Å²) in [6, 6.07) is 2.13. The number of carbonyl (C=O) groups is 1. The highest BCUT2D eigenvalue weighted by Gasteiger charge is 2.47. The van der Waals surface area contributed by atoms with E-state index in [0.717, 1.165) is 12.1 Å². The molecule has 0 spiro atoms. The van der Waals surface area contributed by atoms with Gasteiger partial charge in [-0.2, -0.15) is 0 Å². The van der Waals surface area contributed by atoms with Crippen LogP contribution in [0.25, 0.3) is 0 Å². The van der Waals surface area contributed by atoms with Crippen LogP contribution in [0.1, 0.15) is 17.3 Å². The van der Waals surface area contributed by atoms with Crippen LogP contribution in [-0.4, -0.2) is 80.0 Å². The van der Waals surface area contributed by atoms with Crippen molar-refractivity contribution in [2.75, 3.05) is 6.61 Å². The number of aromatic hydroxyl groups is 2. The third-order valence-electron chi connectivity index (χ3n) is 4.49. The van der Waals surface area contributed by atoms with Crippen molar-refractivity contribution in [1.82, 2.24) is 0 Å². The number of ether oxygens (including phenoxy) is 3. The molecular weight excluding hydrogens is 352 g/mol. The number of hydrogen-bond acceptors (Lipinski definition) is 10. The lowest BCUT2D eigenvalue weighted by Gasteiger charge is -2.42. The molecule has 6 N–H and O–H groups in total. The number of carbonyl (C=O) groups excluding carboxylic acids is 1. The van der Waals surface area contributed by atoms with E-state index in [1.807, 2.05) is 0 Å². The van der Waals surface area contributed by atoms with Crippen molar-refractivity contribution in [3.63, 3.8) is 0 Å². The maximum Gasteiger partial charge on any atom is 0.212 e. The Hall–Kier alpha value is -1.95. The smallest absolute Gasteiger partial charge is 0.212 e. The second-order valence-corrected chi connectivity index (χ2v) is 6.31. The van der Waals surface area contributed by atoms with Crippen molar-refractivity contribution in [3.05, 3.63) is 17.7 Å². The number of phenolic OH excluding ortho intramolecular Hbond substituents is 2. The number of ketones is 1. The lowest BCUT2D eigenvalue weighted by atomic mass is 9.94. The molecule has 1 aromatic carbocycles. The standard InChI is InChI=1S/C16H20O10/c1-5-11(20)10-7(19)2-6(18)3-8(10)24-15(5)26-16-14(23)13(22)12(21)9(4-17)25-16/h2-3,5,9,12-19,21-23H,4H2,1H3/t5-,9+,12+,13-,14+,15-,16-/m0/s1.